The molecule has 2 saturated heterocycles. The molecule has 5 rings (SSSR count). The molecule has 2 aromatic rings. The van der Waals surface area contributed by atoms with Gasteiger partial charge in [-0.3, -0.25) is 18.7 Å². The Labute approximate surface area is 356 Å². The first-order valence-corrected chi connectivity index (χ1v) is 27.1. The maximum Gasteiger partial charge on any atom is 0.334 e. The number of hydrogen-bond acceptors (Lipinski definition) is 14. The van der Waals surface area contributed by atoms with Crippen molar-refractivity contribution in [3.8, 4) is 11.8 Å². The molecule has 0 aromatic carbocycles. The molecule has 23 heteroatoms. The monoisotopic (exact) mass is 906 g/mol. The van der Waals surface area contributed by atoms with E-state index in [1.807, 2.05) is 67.7 Å². The van der Waals surface area contributed by atoms with E-state index in [-0.39, 0.29) is 34.9 Å². The summed E-state index contributed by atoms with van der Waals surface area (Å²) in [6.07, 6.45) is -2.98. The first-order valence-electron chi connectivity index (χ1n) is 19.9. The Kier molecular flexibility index (Phi) is 13.3. The summed E-state index contributed by atoms with van der Waals surface area (Å²) in [4.78, 5) is 57.5. The van der Waals surface area contributed by atoms with Crippen LogP contribution in [0.3, 0.4) is 0 Å². The largest absolute Gasteiger partial charge is 0.414 e. The Morgan fingerprint density at radius 1 is 0.934 bits per heavy atom. The first kappa shape index (κ1) is 48.0. The number of hydrogen-bond donors (Lipinski definition) is 2. The molecule has 3 aliphatic heterocycles. The summed E-state index contributed by atoms with van der Waals surface area (Å²) in [7, 11) is -9.69. The normalized spacial score (nSPS) is 26.5. The molecule has 1 spiro atoms. The molecule has 61 heavy (non-hydrogen) atoms. The highest BCUT2D eigenvalue weighted by molar-refractivity contribution is 7.90. The zero-order chi connectivity index (χ0) is 45.8. The summed E-state index contributed by atoms with van der Waals surface area (Å²) in [5.74, 6) is 5.45. The predicted molar refractivity (Wildman–Crippen MR) is 230 cm³/mol. The Morgan fingerprint density at radius 2 is 1.46 bits per heavy atom. The maximum absolute atomic E-state index is 14.5. The van der Waals surface area contributed by atoms with Crippen LogP contribution in [0.1, 0.15) is 71.5 Å². The quantitative estimate of drug-likeness (QED) is 0.0822. The average Bonchev–Trinajstić information content (AvgIpc) is 3.76. The summed E-state index contributed by atoms with van der Waals surface area (Å²) < 4.78 is 62.3. The zero-order valence-corrected chi connectivity index (χ0v) is 39.6. The predicted octanol–water partition coefficient (Wildman–Crippen LogP) is 2.82. The van der Waals surface area contributed by atoms with Gasteiger partial charge in [0.1, 0.15) is 18.4 Å². The number of ether oxygens (including phenoxy) is 2. The fourth-order valence-electron chi connectivity index (χ4n) is 6.91. The van der Waals surface area contributed by atoms with Gasteiger partial charge in [-0.05, 0) is 55.6 Å². The van der Waals surface area contributed by atoms with E-state index in [1.165, 1.54) is 30.8 Å². The molecule has 2 aromatic heterocycles. The zero-order valence-electron chi connectivity index (χ0n) is 36.8. The summed E-state index contributed by atoms with van der Waals surface area (Å²) in [5, 5.41) is 13.5. The van der Waals surface area contributed by atoms with Gasteiger partial charge in [-0.25, -0.2) is 22.9 Å². The van der Waals surface area contributed by atoms with E-state index in [4.69, 9.17) is 33.8 Å². The van der Waals surface area contributed by atoms with Crippen LogP contribution in [0.15, 0.2) is 47.8 Å². The van der Waals surface area contributed by atoms with Crippen LogP contribution in [0.5, 0.6) is 0 Å². The number of rotatable bonds is 11. The van der Waals surface area contributed by atoms with Gasteiger partial charge in [0.25, 0.3) is 21.2 Å². The Hall–Kier alpha value is -4.09. The maximum atomic E-state index is 14.5. The van der Waals surface area contributed by atoms with Crippen molar-refractivity contribution in [3.05, 3.63) is 86.7 Å². The Balaban J connectivity index is 1.56. The van der Waals surface area contributed by atoms with E-state index in [2.05, 4.69) is 21.9 Å². The fraction of sp³-hybridized carbons (Fsp3) is 0.684. The minimum atomic E-state index is -4.35. The molecule has 7 atom stereocenters. The molecule has 0 radical (unpaired) electrons. The van der Waals surface area contributed by atoms with Crippen molar-refractivity contribution in [2.24, 2.45) is 10.8 Å². The van der Waals surface area contributed by atoms with Crippen molar-refractivity contribution in [2.75, 3.05) is 13.2 Å². The van der Waals surface area contributed by atoms with Gasteiger partial charge in [0.2, 0.25) is 0 Å². The van der Waals surface area contributed by atoms with Gasteiger partial charge in [-0.1, -0.05) is 58.5 Å². The molecule has 0 aliphatic carbocycles. The Bertz CT molecular complexity index is 2550. The molecule has 336 valence electrons. The molecule has 3 aliphatic rings. The van der Waals surface area contributed by atoms with Crippen LogP contribution in [0, 0.1) is 25.7 Å². The van der Waals surface area contributed by atoms with E-state index in [0.717, 1.165) is 19.1 Å². The van der Waals surface area contributed by atoms with Gasteiger partial charge in [0, 0.05) is 34.9 Å². The second-order valence-electron chi connectivity index (χ2n) is 18.8. The second-order valence-corrected chi connectivity index (χ2v) is 29.7. The molecule has 0 amide bonds. The number of aryl methyl sites for hydroxylation is 2. The second kappa shape index (κ2) is 16.9. The summed E-state index contributed by atoms with van der Waals surface area (Å²) >= 11 is 0. The minimum Gasteiger partial charge on any atom is -0.414 e. The van der Waals surface area contributed by atoms with Crippen molar-refractivity contribution in [1.29, 1.82) is 0 Å². The van der Waals surface area contributed by atoms with Crippen LogP contribution in [-0.4, -0.2) is 91.6 Å². The Morgan fingerprint density at radius 3 is 1.93 bits per heavy atom. The van der Waals surface area contributed by atoms with Crippen molar-refractivity contribution in [3.63, 3.8) is 0 Å². The number of aliphatic hydroxyl groups excluding tert-OH is 1. The van der Waals surface area contributed by atoms with Gasteiger partial charge in [-0.2, -0.15) is 8.42 Å². The van der Waals surface area contributed by atoms with E-state index >= 15 is 0 Å². The molecular weight excluding hydrogens is 849 g/mol. The highest BCUT2D eigenvalue weighted by Crippen LogP contribution is 2.52. The molecular formula is C38H58N8O12SSi2. The highest BCUT2D eigenvalue weighted by atomic mass is 32.2. The molecule has 2 fully saturated rings. The third-order valence-electron chi connectivity index (χ3n) is 12.6. The van der Waals surface area contributed by atoms with E-state index in [1.54, 1.807) is 0 Å². The molecule has 20 nitrogen and oxygen atoms in total. The first-order chi connectivity index (χ1) is 28.0. The molecule has 3 N–H and O–H groups in total. The minimum absolute atomic E-state index is 0.0733. The molecule has 1 unspecified atom stereocenters. The number of aromatic nitrogens is 4. The fourth-order valence-corrected chi connectivity index (χ4v) is 10.4. The summed E-state index contributed by atoms with van der Waals surface area (Å²) in [6.45, 7) is 21.6. The smallest absolute Gasteiger partial charge is 0.334 e. The standard InChI is InChI=1S/C38H58N8O12SSi2/c1-23-18-45(29-17-25(41-42-40)26(20-47)55-29)34(50)43(31(23)48)15-13-14-16-44-32(49)24(2)19-46(35(44)51)33-30(57-61(11,12)37(6,7)8)38(27(39)22-59(52,53)58-38)28(56-33)21-54-60(9,10)36(3,4)5/h18-19,22,25-26,28-30,33,47H,15-17,20-21,39H2,1-12H3/t25?,26-,28+,29-,30-,33+,38+/m0/s1. The lowest BCUT2D eigenvalue weighted by Gasteiger charge is -2.43. The van der Waals surface area contributed by atoms with E-state index in [9.17, 15) is 32.7 Å². The molecule has 5 heterocycles. The number of nitrogens with zero attached hydrogens (tertiary/aromatic N) is 7. The van der Waals surface area contributed by atoms with Crippen molar-refractivity contribution in [2.45, 2.75) is 154 Å². The van der Waals surface area contributed by atoms with Crippen LogP contribution >= 0.6 is 0 Å². The van der Waals surface area contributed by atoms with Crippen LogP contribution in [-0.2, 0) is 45.7 Å². The van der Waals surface area contributed by atoms with Crippen molar-refractivity contribution in [1.82, 2.24) is 18.3 Å². The summed E-state index contributed by atoms with van der Waals surface area (Å²) in [5.41, 5.74) is 10.7. The van der Waals surface area contributed by atoms with Gasteiger partial charge < -0.3 is 29.2 Å². The van der Waals surface area contributed by atoms with E-state index < -0.39 is 116 Å². The van der Waals surface area contributed by atoms with Gasteiger partial charge >= 0.3 is 11.4 Å². The number of azide groups is 1. The van der Waals surface area contributed by atoms with Crippen LogP contribution in [0.2, 0.25) is 36.3 Å². The van der Waals surface area contributed by atoms with Crippen molar-refractivity contribution >= 4 is 26.8 Å². The van der Waals surface area contributed by atoms with Crippen LogP contribution in [0.4, 0.5) is 0 Å². The van der Waals surface area contributed by atoms with Crippen LogP contribution < -0.4 is 28.2 Å². The lowest BCUT2D eigenvalue weighted by molar-refractivity contribution is -0.0567. The van der Waals surface area contributed by atoms with Gasteiger partial charge in [0.05, 0.1) is 49.6 Å². The van der Waals surface area contributed by atoms with Crippen molar-refractivity contribution < 1.29 is 36.0 Å². The van der Waals surface area contributed by atoms with E-state index in [0.29, 0.717) is 0 Å². The van der Waals surface area contributed by atoms with Crippen LogP contribution in [0.25, 0.3) is 10.4 Å². The highest BCUT2D eigenvalue weighted by Gasteiger charge is 2.67. The SMILES string of the molecule is Cc1cn([C@@H]2CC(N=[N+]=[N-])[C@H](CO)O2)c(=O)n(CC#CCn2c(=O)c(C)cn([C@@H]3O[C@H](CO[Si](C)(C)C(C)(C)C)[C@@]4(OS(=O)(=O)C=C4N)[C@H]3O[Si](C)(C)C(C)(C)C)c2=O)c1=O. The third-order valence-corrected chi connectivity index (χ3v) is 22.6. The van der Waals surface area contributed by atoms with Gasteiger partial charge in [-0.15, -0.1) is 0 Å². The summed E-state index contributed by atoms with van der Waals surface area (Å²) in [6, 6.07) is -0.743. The number of aliphatic hydroxyl groups is 1. The van der Waals surface area contributed by atoms with Gasteiger partial charge in [0.15, 0.2) is 28.5 Å². The lowest BCUT2D eigenvalue weighted by Crippen LogP contribution is -2.59. The number of nitrogens with two attached hydrogens (primary N) is 1. The molecule has 0 bridgehead atoms. The average molecular weight is 907 g/mol. The molecule has 0 saturated carbocycles. The third kappa shape index (κ3) is 9.06. The topological polar surface area (TPSA) is 263 Å². The lowest BCUT2D eigenvalue weighted by atomic mass is 9.89.